The number of hydrogen-bond acceptors (Lipinski definition) is 2. The smallest absolute Gasteiger partial charge is 0.163 e. The van der Waals surface area contributed by atoms with Gasteiger partial charge in [0.1, 0.15) is 0 Å². The normalized spacial score (nSPS) is 28.2. The average Bonchev–Trinajstić information content (AvgIpc) is 2.44. The summed E-state index contributed by atoms with van der Waals surface area (Å²) in [6.07, 6.45) is 0.978. The topological polar surface area (TPSA) is 18.5 Å². The molecule has 0 radical (unpaired) electrons. The van der Waals surface area contributed by atoms with E-state index >= 15 is 0 Å². The molecule has 0 aliphatic carbocycles. The first-order valence-corrected chi connectivity index (χ1v) is 5.95. The van der Waals surface area contributed by atoms with Crippen molar-refractivity contribution in [3.8, 4) is 0 Å². The molecular formula is C13H17ClO2. The summed E-state index contributed by atoms with van der Waals surface area (Å²) >= 11 is 6.13. The number of ether oxygens (including phenoxy) is 2. The van der Waals surface area contributed by atoms with Gasteiger partial charge in [-0.25, -0.2) is 0 Å². The van der Waals surface area contributed by atoms with Crippen molar-refractivity contribution in [3.63, 3.8) is 0 Å². The zero-order chi connectivity index (χ0) is 11.8. The van der Waals surface area contributed by atoms with Crippen molar-refractivity contribution in [1.82, 2.24) is 0 Å². The summed E-state index contributed by atoms with van der Waals surface area (Å²) in [5, 5.41) is 0.794. The van der Waals surface area contributed by atoms with Crippen LogP contribution in [0.1, 0.15) is 26.3 Å². The van der Waals surface area contributed by atoms with Gasteiger partial charge in [0.2, 0.25) is 0 Å². The predicted octanol–water partition coefficient (Wildman–Crippen LogP) is 3.42. The van der Waals surface area contributed by atoms with Crippen LogP contribution in [0, 0.1) is 0 Å². The lowest BCUT2D eigenvalue weighted by Gasteiger charge is -2.17. The van der Waals surface area contributed by atoms with Gasteiger partial charge in [0.15, 0.2) is 5.79 Å². The summed E-state index contributed by atoms with van der Waals surface area (Å²) in [6.45, 7) is 5.92. The molecule has 1 saturated heterocycles. The van der Waals surface area contributed by atoms with Crippen LogP contribution in [-0.4, -0.2) is 18.0 Å². The lowest BCUT2D eigenvalue weighted by atomic mass is 10.0. The van der Waals surface area contributed by atoms with Gasteiger partial charge in [0.05, 0.1) is 12.2 Å². The maximum atomic E-state index is 6.13. The maximum absolute atomic E-state index is 6.13. The van der Waals surface area contributed by atoms with Crippen molar-refractivity contribution in [3.05, 3.63) is 34.9 Å². The third kappa shape index (κ3) is 2.57. The van der Waals surface area contributed by atoms with Crippen LogP contribution in [0.15, 0.2) is 24.3 Å². The van der Waals surface area contributed by atoms with Crippen LogP contribution >= 0.6 is 11.6 Å². The second-order valence-electron chi connectivity index (χ2n) is 4.67. The molecule has 1 aromatic carbocycles. The van der Waals surface area contributed by atoms with Gasteiger partial charge in [-0.3, -0.25) is 0 Å². The molecule has 1 aliphatic heterocycles. The zero-order valence-corrected chi connectivity index (χ0v) is 10.6. The van der Waals surface area contributed by atoms with E-state index in [0.717, 1.165) is 17.0 Å². The highest BCUT2D eigenvalue weighted by atomic mass is 35.5. The van der Waals surface area contributed by atoms with E-state index in [1.54, 1.807) is 0 Å². The van der Waals surface area contributed by atoms with Crippen LogP contribution in [-0.2, 0) is 15.9 Å². The van der Waals surface area contributed by atoms with Crippen LogP contribution in [0.3, 0.4) is 0 Å². The van der Waals surface area contributed by atoms with E-state index in [-0.39, 0.29) is 12.2 Å². The molecule has 0 spiro atoms. The molecular weight excluding hydrogens is 224 g/mol. The largest absolute Gasteiger partial charge is 0.345 e. The first-order valence-electron chi connectivity index (χ1n) is 5.57. The Hall–Kier alpha value is -0.570. The highest BCUT2D eigenvalue weighted by Gasteiger charge is 2.38. The zero-order valence-electron chi connectivity index (χ0n) is 9.87. The SMILES string of the molecule is C[C@@H]1OC(C)(C)O[C@@H]1Cc1ccccc1Cl. The summed E-state index contributed by atoms with van der Waals surface area (Å²) in [5.41, 5.74) is 1.11. The molecule has 2 rings (SSSR count). The lowest BCUT2D eigenvalue weighted by molar-refractivity contribution is -0.144. The molecule has 88 valence electrons. The van der Waals surface area contributed by atoms with Gasteiger partial charge in [-0.2, -0.15) is 0 Å². The highest BCUT2D eigenvalue weighted by Crippen LogP contribution is 2.31. The van der Waals surface area contributed by atoms with Gasteiger partial charge in [0.25, 0.3) is 0 Å². The summed E-state index contributed by atoms with van der Waals surface area (Å²) in [7, 11) is 0. The van der Waals surface area contributed by atoms with Crippen LogP contribution in [0.4, 0.5) is 0 Å². The van der Waals surface area contributed by atoms with Crippen LogP contribution in [0.2, 0.25) is 5.02 Å². The Bertz CT molecular complexity index is 376. The monoisotopic (exact) mass is 240 g/mol. The van der Waals surface area contributed by atoms with Gasteiger partial charge >= 0.3 is 0 Å². The Labute approximate surface area is 102 Å². The Morgan fingerprint density at radius 2 is 1.94 bits per heavy atom. The third-order valence-corrected chi connectivity index (χ3v) is 3.18. The summed E-state index contributed by atoms with van der Waals surface area (Å²) in [5.74, 6) is -0.481. The van der Waals surface area contributed by atoms with E-state index < -0.39 is 5.79 Å². The summed E-state index contributed by atoms with van der Waals surface area (Å²) in [4.78, 5) is 0. The second kappa shape index (κ2) is 4.36. The van der Waals surface area contributed by atoms with E-state index in [1.165, 1.54) is 0 Å². The van der Waals surface area contributed by atoms with Crippen LogP contribution < -0.4 is 0 Å². The molecule has 2 nitrogen and oxygen atoms in total. The Morgan fingerprint density at radius 3 is 2.50 bits per heavy atom. The van der Waals surface area contributed by atoms with E-state index in [2.05, 4.69) is 0 Å². The summed E-state index contributed by atoms with van der Waals surface area (Å²) in [6, 6.07) is 7.87. The van der Waals surface area contributed by atoms with Gasteiger partial charge in [0, 0.05) is 11.4 Å². The number of halogens is 1. The minimum Gasteiger partial charge on any atom is -0.345 e. The minimum atomic E-state index is -0.481. The standard InChI is InChI=1S/C13H17ClO2/c1-9-12(16-13(2,3)15-9)8-10-6-4-5-7-11(10)14/h4-7,9,12H,8H2,1-3H3/t9-,12+/m0/s1. The molecule has 1 heterocycles. The molecule has 0 aromatic heterocycles. The molecule has 0 unspecified atom stereocenters. The molecule has 16 heavy (non-hydrogen) atoms. The van der Waals surface area contributed by atoms with E-state index in [4.69, 9.17) is 21.1 Å². The molecule has 0 saturated carbocycles. The van der Waals surface area contributed by atoms with E-state index in [0.29, 0.717) is 0 Å². The second-order valence-corrected chi connectivity index (χ2v) is 5.08. The van der Waals surface area contributed by atoms with Crippen molar-refractivity contribution in [2.24, 2.45) is 0 Å². The van der Waals surface area contributed by atoms with Crippen molar-refractivity contribution >= 4 is 11.6 Å². The Morgan fingerprint density at radius 1 is 1.25 bits per heavy atom. The average molecular weight is 241 g/mol. The Balaban J connectivity index is 2.09. The number of hydrogen-bond donors (Lipinski definition) is 0. The predicted molar refractivity (Wildman–Crippen MR) is 64.7 cm³/mol. The van der Waals surface area contributed by atoms with Gasteiger partial charge in [-0.05, 0) is 32.4 Å². The number of rotatable bonds is 2. The fraction of sp³-hybridized carbons (Fsp3) is 0.538. The molecule has 1 aromatic rings. The van der Waals surface area contributed by atoms with Crippen molar-refractivity contribution in [1.29, 1.82) is 0 Å². The fourth-order valence-electron chi connectivity index (χ4n) is 2.10. The van der Waals surface area contributed by atoms with Crippen LogP contribution in [0.5, 0.6) is 0 Å². The maximum Gasteiger partial charge on any atom is 0.163 e. The molecule has 3 heteroatoms. The highest BCUT2D eigenvalue weighted by molar-refractivity contribution is 6.31. The first-order chi connectivity index (χ1) is 7.48. The molecule has 2 atom stereocenters. The van der Waals surface area contributed by atoms with Crippen molar-refractivity contribution in [2.75, 3.05) is 0 Å². The summed E-state index contributed by atoms with van der Waals surface area (Å²) < 4.78 is 11.5. The van der Waals surface area contributed by atoms with E-state index in [9.17, 15) is 0 Å². The Kier molecular flexibility index (Phi) is 3.24. The molecule has 0 N–H and O–H groups in total. The third-order valence-electron chi connectivity index (χ3n) is 2.81. The van der Waals surface area contributed by atoms with Crippen LogP contribution in [0.25, 0.3) is 0 Å². The van der Waals surface area contributed by atoms with Gasteiger partial charge < -0.3 is 9.47 Å². The van der Waals surface area contributed by atoms with Gasteiger partial charge in [-0.1, -0.05) is 29.8 Å². The molecule has 1 aliphatic rings. The fourth-order valence-corrected chi connectivity index (χ4v) is 2.31. The van der Waals surface area contributed by atoms with E-state index in [1.807, 2.05) is 45.0 Å². The number of benzene rings is 1. The first kappa shape index (κ1) is 11.9. The van der Waals surface area contributed by atoms with Crippen molar-refractivity contribution in [2.45, 2.75) is 45.2 Å². The molecule has 0 amide bonds. The van der Waals surface area contributed by atoms with Crippen molar-refractivity contribution < 1.29 is 9.47 Å². The molecule has 0 bridgehead atoms. The minimum absolute atomic E-state index is 0.0786. The quantitative estimate of drug-likeness (QED) is 0.789. The molecule has 1 fully saturated rings. The van der Waals surface area contributed by atoms with Gasteiger partial charge in [-0.15, -0.1) is 0 Å². The lowest BCUT2D eigenvalue weighted by Crippen LogP contribution is -2.23.